The largest absolute Gasteiger partial charge is 0.305 e. The molecule has 0 bridgehead atoms. The van der Waals surface area contributed by atoms with E-state index in [9.17, 15) is 0 Å². The van der Waals surface area contributed by atoms with Gasteiger partial charge in [-0.05, 0) is 65.9 Å². The van der Waals surface area contributed by atoms with Crippen molar-refractivity contribution in [3.05, 3.63) is 42.2 Å². The lowest BCUT2D eigenvalue weighted by atomic mass is 10.2. The van der Waals surface area contributed by atoms with Gasteiger partial charge in [0.1, 0.15) is 0 Å². The molecule has 0 radical (unpaired) electrons. The van der Waals surface area contributed by atoms with Gasteiger partial charge >= 0.3 is 0 Å². The summed E-state index contributed by atoms with van der Waals surface area (Å²) in [6.45, 7) is 3.23. The summed E-state index contributed by atoms with van der Waals surface area (Å²) in [7, 11) is 0. The zero-order valence-corrected chi connectivity index (χ0v) is 13.6. The van der Waals surface area contributed by atoms with Gasteiger partial charge in [-0.25, -0.2) is 0 Å². The third-order valence-electron chi connectivity index (χ3n) is 3.40. The number of fused-ring (bicyclic) bond motifs is 1. The Morgan fingerprint density at radius 1 is 1.33 bits per heavy atom. The van der Waals surface area contributed by atoms with Crippen LogP contribution in [-0.4, -0.2) is 0 Å². The first kappa shape index (κ1) is 12.9. The first-order valence-corrected chi connectivity index (χ1v) is 8.74. The number of aryl methyl sites for hydroxylation is 2. The Hall–Kier alpha value is -0.160. The van der Waals surface area contributed by atoms with Gasteiger partial charge in [0, 0.05) is 27.2 Å². The fraction of sp³-hybridized carbons (Fsp3) is 0.429. The Labute approximate surface area is 124 Å². The summed E-state index contributed by atoms with van der Waals surface area (Å²) >= 11 is 7.33. The number of rotatable bonds is 4. The molecule has 3 rings (SSSR count). The van der Waals surface area contributed by atoms with Gasteiger partial charge in [-0.2, -0.15) is 0 Å². The lowest BCUT2D eigenvalue weighted by molar-refractivity contribution is 0.587. The van der Waals surface area contributed by atoms with E-state index < -0.39 is 0 Å². The van der Waals surface area contributed by atoms with Crippen molar-refractivity contribution in [2.45, 2.75) is 38.8 Å². The van der Waals surface area contributed by atoms with E-state index in [-0.39, 0.29) is 0 Å². The lowest BCUT2D eigenvalue weighted by Gasteiger charge is -2.10. The molecule has 1 nitrogen and oxygen atoms in total. The molecule has 0 saturated carbocycles. The van der Waals surface area contributed by atoms with Crippen LogP contribution in [0.1, 0.15) is 39.6 Å². The second kappa shape index (κ2) is 5.45. The Morgan fingerprint density at radius 2 is 2.22 bits per heavy atom. The van der Waals surface area contributed by atoms with Gasteiger partial charge in [0.05, 0.1) is 3.79 Å². The van der Waals surface area contributed by atoms with Crippen LogP contribution in [0.2, 0.25) is 0 Å². The van der Waals surface area contributed by atoms with Crippen LogP contribution in [0.5, 0.6) is 0 Å². The number of nitrogens with one attached hydrogen (secondary N) is 1. The van der Waals surface area contributed by atoms with E-state index in [4.69, 9.17) is 0 Å². The molecule has 1 N–H and O–H groups in total. The molecule has 1 atom stereocenters. The summed E-state index contributed by atoms with van der Waals surface area (Å²) in [5, 5.41) is 3.62. The van der Waals surface area contributed by atoms with E-state index in [0.29, 0.717) is 6.04 Å². The van der Waals surface area contributed by atoms with E-state index in [1.54, 1.807) is 10.4 Å². The smallest absolute Gasteiger partial charge is 0.0701 e. The lowest BCUT2D eigenvalue weighted by Crippen LogP contribution is -2.16. The molecule has 4 heteroatoms. The van der Waals surface area contributed by atoms with Crippen molar-refractivity contribution in [1.29, 1.82) is 0 Å². The molecular weight excluding hydrogens is 326 g/mol. The first-order chi connectivity index (χ1) is 8.72. The van der Waals surface area contributed by atoms with E-state index in [2.05, 4.69) is 46.4 Å². The molecule has 1 aliphatic rings. The van der Waals surface area contributed by atoms with E-state index >= 15 is 0 Å². The van der Waals surface area contributed by atoms with Crippen molar-refractivity contribution < 1.29 is 0 Å². The van der Waals surface area contributed by atoms with Crippen molar-refractivity contribution in [2.24, 2.45) is 0 Å². The molecule has 1 aliphatic carbocycles. The summed E-state index contributed by atoms with van der Waals surface area (Å²) in [4.78, 5) is 4.51. The van der Waals surface area contributed by atoms with Crippen molar-refractivity contribution in [3.8, 4) is 0 Å². The minimum Gasteiger partial charge on any atom is -0.305 e. The molecule has 0 amide bonds. The van der Waals surface area contributed by atoms with E-state index in [1.165, 1.54) is 32.8 Å². The molecule has 2 aromatic heterocycles. The first-order valence-electron chi connectivity index (χ1n) is 6.31. The van der Waals surface area contributed by atoms with Gasteiger partial charge in [-0.3, -0.25) is 0 Å². The van der Waals surface area contributed by atoms with Gasteiger partial charge in [0.15, 0.2) is 0 Å². The van der Waals surface area contributed by atoms with Crippen molar-refractivity contribution in [1.82, 2.24) is 5.32 Å². The highest BCUT2D eigenvalue weighted by atomic mass is 79.9. The normalized spacial score (nSPS) is 15.9. The van der Waals surface area contributed by atoms with Crippen LogP contribution in [0.3, 0.4) is 0 Å². The maximum Gasteiger partial charge on any atom is 0.0701 e. The molecule has 2 heterocycles. The topological polar surface area (TPSA) is 12.0 Å². The summed E-state index contributed by atoms with van der Waals surface area (Å²) < 4.78 is 1.21. The molecule has 0 spiro atoms. The van der Waals surface area contributed by atoms with Crippen LogP contribution in [0, 0.1) is 0 Å². The predicted octanol–water partition coefficient (Wildman–Crippen LogP) is 4.91. The Kier molecular flexibility index (Phi) is 3.89. The predicted molar refractivity (Wildman–Crippen MR) is 83.6 cm³/mol. The zero-order valence-electron chi connectivity index (χ0n) is 10.3. The van der Waals surface area contributed by atoms with Crippen LogP contribution in [-0.2, 0) is 19.4 Å². The number of hydrogen-bond acceptors (Lipinski definition) is 3. The van der Waals surface area contributed by atoms with Crippen molar-refractivity contribution >= 4 is 38.6 Å². The minimum atomic E-state index is 0.429. The SMILES string of the molecule is CC(NCc1cc2c(s1)CCC2)c1ccc(Br)s1. The average Bonchev–Trinajstić information content (AvgIpc) is 3.00. The number of hydrogen-bond donors (Lipinski definition) is 1. The van der Waals surface area contributed by atoms with Gasteiger partial charge in [0.25, 0.3) is 0 Å². The van der Waals surface area contributed by atoms with E-state index in [0.717, 1.165) is 6.54 Å². The summed E-state index contributed by atoms with van der Waals surface area (Å²) in [5.41, 5.74) is 1.60. The Morgan fingerprint density at radius 3 is 2.94 bits per heavy atom. The maximum absolute atomic E-state index is 3.62. The molecule has 96 valence electrons. The third-order valence-corrected chi connectivity index (χ3v) is 6.44. The summed E-state index contributed by atoms with van der Waals surface area (Å²) in [6, 6.07) is 7.15. The molecule has 0 aromatic carbocycles. The second-order valence-corrected chi connectivity index (χ2v) is 8.48. The zero-order chi connectivity index (χ0) is 12.5. The minimum absolute atomic E-state index is 0.429. The molecular formula is C14H16BrNS2. The van der Waals surface area contributed by atoms with Crippen molar-refractivity contribution in [2.75, 3.05) is 0 Å². The Bertz CT molecular complexity index is 522. The standard InChI is InChI=1S/C14H16BrNS2/c1-9(12-5-6-14(15)18-12)16-8-11-7-10-3-2-4-13(10)17-11/h5-7,9,16H,2-4,8H2,1H3. The maximum atomic E-state index is 3.62. The molecule has 0 aliphatic heterocycles. The van der Waals surface area contributed by atoms with Crippen LogP contribution in [0.25, 0.3) is 0 Å². The van der Waals surface area contributed by atoms with Crippen LogP contribution >= 0.6 is 38.6 Å². The van der Waals surface area contributed by atoms with Crippen LogP contribution in [0.4, 0.5) is 0 Å². The second-order valence-electron chi connectivity index (χ2n) is 4.76. The quantitative estimate of drug-likeness (QED) is 0.832. The fourth-order valence-corrected chi connectivity index (χ4v) is 5.06. The Balaban J connectivity index is 1.60. The highest BCUT2D eigenvalue weighted by Crippen LogP contribution is 2.31. The highest BCUT2D eigenvalue weighted by Gasteiger charge is 2.15. The van der Waals surface area contributed by atoms with Gasteiger partial charge in [-0.1, -0.05) is 0 Å². The highest BCUT2D eigenvalue weighted by molar-refractivity contribution is 9.11. The fourth-order valence-electron chi connectivity index (χ4n) is 2.39. The number of halogens is 1. The monoisotopic (exact) mass is 341 g/mol. The van der Waals surface area contributed by atoms with Crippen LogP contribution in [0.15, 0.2) is 22.0 Å². The van der Waals surface area contributed by atoms with Crippen molar-refractivity contribution in [3.63, 3.8) is 0 Å². The molecule has 0 saturated heterocycles. The van der Waals surface area contributed by atoms with Gasteiger partial charge < -0.3 is 5.32 Å². The third kappa shape index (κ3) is 2.72. The number of thiophene rings is 2. The summed E-state index contributed by atoms with van der Waals surface area (Å²) in [6.07, 6.45) is 3.95. The van der Waals surface area contributed by atoms with Crippen LogP contribution < -0.4 is 5.32 Å². The van der Waals surface area contributed by atoms with Gasteiger partial charge in [-0.15, -0.1) is 22.7 Å². The summed E-state index contributed by atoms with van der Waals surface area (Å²) in [5.74, 6) is 0. The molecule has 2 aromatic rings. The molecule has 18 heavy (non-hydrogen) atoms. The van der Waals surface area contributed by atoms with E-state index in [1.807, 2.05) is 22.7 Å². The molecule has 0 fully saturated rings. The molecule has 1 unspecified atom stereocenters. The van der Waals surface area contributed by atoms with Gasteiger partial charge in [0.2, 0.25) is 0 Å². The average molecular weight is 342 g/mol.